The first kappa shape index (κ1) is 16.6. The van der Waals surface area contributed by atoms with Crippen molar-refractivity contribution in [1.29, 1.82) is 0 Å². The first-order valence-electron chi connectivity index (χ1n) is 9.63. The Hall–Kier alpha value is -3.58. The molecule has 0 amide bonds. The highest BCUT2D eigenvalue weighted by atomic mass is 14.7. The van der Waals surface area contributed by atoms with Gasteiger partial charge in [-0.25, -0.2) is 0 Å². The predicted molar refractivity (Wildman–Crippen MR) is 121 cm³/mol. The van der Waals surface area contributed by atoms with Crippen LogP contribution < -0.4 is 0 Å². The van der Waals surface area contributed by atoms with Gasteiger partial charge in [-0.1, -0.05) is 97.6 Å². The lowest BCUT2D eigenvalue weighted by Crippen LogP contribution is -1.77. The summed E-state index contributed by atoms with van der Waals surface area (Å²) in [5.41, 5.74) is 9.27. The Labute approximate surface area is 165 Å². The quantitative estimate of drug-likeness (QED) is 0.319. The molecule has 1 nitrogen and oxygen atoms in total. The van der Waals surface area contributed by atoms with E-state index < -0.39 is 0 Å². The van der Waals surface area contributed by atoms with Gasteiger partial charge in [0, 0.05) is 16.3 Å². The predicted octanol–water partition coefficient (Wildman–Crippen LogP) is 7.22. The van der Waals surface area contributed by atoms with Crippen LogP contribution in [-0.2, 0) is 6.42 Å². The Balaban J connectivity index is 0.000000123. The monoisotopic (exact) mass is 359 g/mol. The number of para-hydroxylation sites is 2. The van der Waals surface area contributed by atoms with E-state index in [1.165, 1.54) is 44.1 Å². The Morgan fingerprint density at radius 1 is 0.643 bits per heavy atom. The highest BCUT2D eigenvalue weighted by Crippen LogP contribution is 2.35. The number of aromatic nitrogens is 1. The third kappa shape index (κ3) is 2.73. The second-order valence-corrected chi connectivity index (χ2v) is 7.14. The molecule has 28 heavy (non-hydrogen) atoms. The molecule has 0 spiro atoms. The van der Waals surface area contributed by atoms with Crippen LogP contribution in [0.5, 0.6) is 0 Å². The van der Waals surface area contributed by atoms with Crippen LogP contribution in [0.1, 0.15) is 16.7 Å². The van der Waals surface area contributed by atoms with Crippen molar-refractivity contribution in [2.24, 2.45) is 0 Å². The molecule has 0 unspecified atom stereocenters. The van der Waals surface area contributed by atoms with Crippen molar-refractivity contribution in [3.8, 4) is 11.1 Å². The van der Waals surface area contributed by atoms with Gasteiger partial charge in [0.05, 0.1) is 5.52 Å². The number of hydrogen-bond donors (Lipinski definition) is 1. The van der Waals surface area contributed by atoms with Gasteiger partial charge in [-0.2, -0.15) is 0 Å². The lowest BCUT2D eigenvalue weighted by molar-refractivity contribution is 1.26. The van der Waals surface area contributed by atoms with E-state index >= 15 is 0 Å². The Morgan fingerprint density at radius 2 is 1.25 bits per heavy atom. The fourth-order valence-electron chi connectivity index (χ4n) is 4.15. The van der Waals surface area contributed by atoms with Gasteiger partial charge in [0.25, 0.3) is 0 Å². The molecule has 1 aliphatic carbocycles. The summed E-state index contributed by atoms with van der Waals surface area (Å²) < 4.78 is 0. The largest absolute Gasteiger partial charge is 0.354 e. The van der Waals surface area contributed by atoms with Crippen LogP contribution in [0.15, 0.2) is 97.6 Å². The number of nitrogens with one attached hydrogen (secondary N) is 1. The van der Waals surface area contributed by atoms with E-state index in [0.29, 0.717) is 0 Å². The minimum Gasteiger partial charge on any atom is -0.354 e. The zero-order chi connectivity index (χ0) is 18.9. The average Bonchev–Trinajstić information content (AvgIpc) is 3.32. The minimum atomic E-state index is 1.10. The van der Waals surface area contributed by atoms with Crippen molar-refractivity contribution in [3.63, 3.8) is 0 Å². The fraction of sp³-hybridized carbons (Fsp3) is 0.0370. The maximum Gasteiger partial charge on any atom is 0.0538 e. The van der Waals surface area contributed by atoms with Crippen LogP contribution in [0.25, 0.3) is 39.0 Å². The SMILES string of the molecule is C=Cc1cccc2c1[nH]c1ccccc12.c1ccc2c(c1)Cc1ccccc1-2. The molecule has 1 aliphatic rings. The van der Waals surface area contributed by atoms with E-state index in [4.69, 9.17) is 0 Å². The standard InChI is InChI=1S/C14H11N.C13H10/c1-2-10-6-5-8-12-11-7-3-4-9-13(11)15-14(10)12;1-3-7-12-10(5-1)9-11-6-2-4-8-13(11)12/h2-9,15H,1H2;1-8H,9H2. The summed E-state index contributed by atoms with van der Waals surface area (Å²) >= 11 is 0. The molecular formula is C27H21N. The zero-order valence-corrected chi connectivity index (χ0v) is 15.7. The second-order valence-electron chi connectivity index (χ2n) is 7.14. The van der Waals surface area contributed by atoms with Gasteiger partial charge in [-0.15, -0.1) is 0 Å². The summed E-state index contributed by atoms with van der Waals surface area (Å²) in [5.74, 6) is 0. The number of fused-ring (bicyclic) bond motifs is 6. The topological polar surface area (TPSA) is 15.8 Å². The third-order valence-corrected chi connectivity index (χ3v) is 5.50. The second kappa shape index (κ2) is 6.86. The Bertz CT molecular complexity index is 1260. The molecule has 134 valence electrons. The summed E-state index contributed by atoms with van der Waals surface area (Å²) in [6.07, 6.45) is 2.99. The molecule has 0 bridgehead atoms. The lowest BCUT2D eigenvalue weighted by atomic mass is 10.1. The molecule has 0 atom stereocenters. The number of hydrogen-bond acceptors (Lipinski definition) is 0. The van der Waals surface area contributed by atoms with Gasteiger partial charge in [0.1, 0.15) is 0 Å². The third-order valence-electron chi connectivity index (χ3n) is 5.50. The zero-order valence-electron chi connectivity index (χ0n) is 15.7. The van der Waals surface area contributed by atoms with Crippen LogP contribution in [-0.4, -0.2) is 4.98 Å². The van der Waals surface area contributed by atoms with Gasteiger partial charge in [-0.3, -0.25) is 0 Å². The summed E-state index contributed by atoms with van der Waals surface area (Å²) in [7, 11) is 0. The maximum absolute atomic E-state index is 3.83. The molecule has 0 radical (unpaired) electrons. The summed E-state index contributed by atoms with van der Waals surface area (Å²) in [6.45, 7) is 3.83. The lowest BCUT2D eigenvalue weighted by Gasteiger charge is -1.98. The van der Waals surface area contributed by atoms with E-state index in [9.17, 15) is 0 Å². The summed E-state index contributed by atoms with van der Waals surface area (Å²) in [5, 5.41) is 2.54. The first-order valence-corrected chi connectivity index (χ1v) is 9.63. The van der Waals surface area contributed by atoms with Crippen LogP contribution in [0, 0.1) is 0 Å². The number of rotatable bonds is 1. The van der Waals surface area contributed by atoms with E-state index in [-0.39, 0.29) is 0 Å². The van der Waals surface area contributed by atoms with Crippen LogP contribution in [0.3, 0.4) is 0 Å². The van der Waals surface area contributed by atoms with Gasteiger partial charge in [-0.05, 0) is 40.3 Å². The fourth-order valence-corrected chi connectivity index (χ4v) is 4.15. The van der Waals surface area contributed by atoms with Crippen molar-refractivity contribution in [1.82, 2.24) is 4.98 Å². The summed E-state index contributed by atoms with van der Waals surface area (Å²) in [4.78, 5) is 3.43. The molecular weight excluding hydrogens is 338 g/mol. The van der Waals surface area contributed by atoms with Crippen LogP contribution in [0.2, 0.25) is 0 Å². The molecule has 4 aromatic carbocycles. The van der Waals surface area contributed by atoms with Gasteiger partial charge in [0.15, 0.2) is 0 Å². The molecule has 0 fully saturated rings. The van der Waals surface area contributed by atoms with Crippen molar-refractivity contribution < 1.29 is 0 Å². The number of H-pyrrole nitrogens is 1. The summed E-state index contributed by atoms with van der Waals surface area (Å²) in [6, 6.07) is 31.9. The average molecular weight is 359 g/mol. The highest BCUT2D eigenvalue weighted by molar-refractivity contribution is 6.09. The Kier molecular flexibility index (Phi) is 4.06. The maximum atomic E-state index is 3.83. The number of benzene rings is 4. The highest BCUT2D eigenvalue weighted by Gasteiger charge is 2.15. The van der Waals surface area contributed by atoms with Crippen LogP contribution >= 0.6 is 0 Å². The van der Waals surface area contributed by atoms with Crippen LogP contribution in [0.4, 0.5) is 0 Å². The normalized spacial score (nSPS) is 11.6. The molecule has 0 saturated carbocycles. The van der Waals surface area contributed by atoms with E-state index in [0.717, 1.165) is 12.0 Å². The van der Waals surface area contributed by atoms with Crippen molar-refractivity contribution in [3.05, 3.63) is 114 Å². The molecule has 1 aromatic heterocycles. The van der Waals surface area contributed by atoms with E-state index in [2.05, 4.69) is 96.5 Å². The molecule has 0 saturated heterocycles. The molecule has 5 aromatic rings. The molecule has 1 heteroatoms. The van der Waals surface area contributed by atoms with Gasteiger partial charge in [0.2, 0.25) is 0 Å². The Morgan fingerprint density at radius 3 is 1.96 bits per heavy atom. The molecule has 0 aliphatic heterocycles. The number of aromatic amines is 1. The smallest absolute Gasteiger partial charge is 0.0538 e. The van der Waals surface area contributed by atoms with Crippen molar-refractivity contribution >= 4 is 27.9 Å². The molecule has 1 N–H and O–H groups in total. The van der Waals surface area contributed by atoms with Crippen molar-refractivity contribution in [2.75, 3.05) is 0 Å². The van der Waals surface area contributed by atoms with Gasteiger partial charge >= 0.3 is 0 Å². The van der Waals surface area contributed by atoms with Crippen molar-refractivity contribution in [2.45, 2.75) is 6.42 Å². The minimum absolute atomic E-state index is 1.10. The first-order chi connectivity index (χ1) is 13.8. The van der Waals surface area contributed by atoms with E-state index in [1.54, 1.807) is 0 Å². The molecule has 6 rings (SSSR count). The van der Waals surface area contributed by atoms with Gasteiger partial charge < -0.3 is 4.98 Å². The van der Waals surface area contributed by atoms with E-state index in [1.807, 2.05) is 12.1 Å². The molecule has 1 heterocycles.